The van der Waals surface area contributed by atoms with E-state index in [1.165, 1.54) is 6.07 Å². The molecule has 0 heterocycles. The molecule has 37 heavy (non-hydrogen) atoms. The second-order valence-electron chi connectivity index (χ2n) is 8.70. The summed E-state index contributed by atoms with van der Waals surface area (Å²) in [5.74, 6) is 1.03. The van der Waals surface area contributed by atoms with E-state index >= 15 is 0 Å². The Kier molecular flexibility index (Phi) is 8.85. The van der Waals surface area contributed by atoms with E-state index in [2.05, 4.69) is 36.3 Å². The Morgan fingerprint density at radius 2 is 1.73 bits per heavy atom. The number of aryl methyl sites for hydroxylation is 2. The van der Waals surface area contributed by atoms with Crippen LogP contribution in [0.4, 0.5) is 22.7 Å². The highest BCUT2D eigenvalue weighted by atomic mass is 16.6. The first kappa shape index (κ1) is 26.8. The van der Waals surface area contributed by atoms with Gasteiger partial charge < -0.3 is 15.4 Å². The van der Waals surface area contributed by atoms with Crippen LogP contribution in [-0.4, -0.2) is 11.5 Å². The smallest absolute Gasteiger partial charge is 0.295 e. The lowest BCUT2D eigenvalue weighted by molar-refractivity contribution is -0.383. The van der Waals surface area contributed by atoms with Gasteiger partial charge in [-0.1, -0.05) is 26.3 Å². The lowest BCUT2D eigenvalue weighted by atomic mass is 10.0. The Morgan fingerprint density at radius 1 is 1.05 bits per heavy atom. The first-order valence-corrected chi connectivity index (χ1v) is 12.0. The van der Waals surface area contributed by atoms with E-state index in [0.717, 1.165) is 36.0 Å². The number of anilines is 3. The first-order valence-electron chi connectivity index (χ1n) is 12.0. The fraction of sp³-hybridized carbons (Fsp3) is 0.241. The van der Waals surface area contributed by atoms with Gasteiger partial charge in [-0.25, -0.2) is 0 Å². The van der Waals surface area contributed by atoms with Crippen LogP contribution in [0, 0.1) is 46.6 Å². The molecule has 8 nitrogen and oxygen atoms in total. The lowest BCUT2D eigenvalue weighted by Gasteiger charge is -2.19. The van der Waals surface area contributed by atoms with Crippen molar-refractivity contribution in [2.24, 2.45) is 0 Å². The molecule has 0 bridgehead atoms. The maximum atomic E-state index is 12.0. The second-order valence-corrected chi connectivity index (χ2v) is 8.70. The molecule has 0 spiro atoms. The molecule has 0 saturated carbocycles. The molecule has 3 aromatic carbocycles. The predicted octanol–water partition coefficient (Wildman–Crippen LogP) is 7.76. The SMILES string of the molecule is C=C(C#N)c1cc(C)c(Oc2cc(Nc3ccc(C#N)cc3)c([N+](=O)[O-])cc2NCCCCC)c(C)c1. The third kappa shape index (κ3) is 6.65. The van der Waals surface area contributed by atoms with Crippen molar-refractivity contribution in [3.05, 3.63) is 87.5 Å². The van der Waals surface area contributed by atoms with E-state index in [-0.39, 0.29) is 11.4 Å². The Bertz CT molecular complexity index is 1380. The summed E-state index contributed by atoms with van der Waals surface area (Å²) in [7, 11) is 0. The zero-order valence-corrected chi connectivity index (χ0v) is 21.2. The number of nitrogens with zero attached hydrogens (tertiary/aromatic N) is 3. The van der Waals surface area contributed by atoms with Crippen LogP contribution in [0.15, 0.2) is 55.1 Å². The number of nitro groups is 1. The highest BCUT2D eigenvalue weighted by Crippen LogP contribution is 2.41. The van der Waals surface area contributed by atoms with E-state index < -0.39 is 4.92 Å². The molecule has 0 saturated heterocycles. The van der Waals surface area contributed by atoms with Gasteiger partial charge in [0.2, 0.25) is 0 Å². The van der Waals surface area contributed by atoms with Gasteiger partial charge in [0.15, 0.2) is 5.75 Å². The van der Waals surface area contributed by atoms with Crippen molar-refractivity contribution in [3.8, 4) is 23.6 Å². The monoisotopic (exact) mass is 495 g/mol. The summed E-state index contributed by atoms with van der Waals surface area (Å²) in [6.45, 7) is 10.3. The first-order chi connectivity index (χ1) is 17.8. The third-order valence-electron chi connectivity index (χ3n) is 5.84. The van der Waals surface area contributed by atoms with Gasteiger partial charge >= 0.3 is 0 Å². The third-order valence-corrected chi connectivity index (χ3v) is 5.84. The topological polar surface area (TPSA) is 124 Å². The average molecular weight is 496 g/mol. The molecule has 0 fully saturated rings. The van der Waals surface area contributed by atoms with Gasteiger partial charge in [0, 0.05) is 24.4 Å². The van der Waals surface area contributed by atoms with Gasteiger partial charge in [-0.3, -0.25) is 10.1 Å². The van der Waals surface area contributed by atoms with Crippen molar-refractivity contribution in [2.75, 3.05) is 17.2 Å². The highest BCUT2D eigenvalue weighted by Gasteiger charge is 2.21. The van der Waals surface area contributed by atoms with Crippen molar-refractivity contribution in [1.82, 2.24) is 0 Å². The standard InChI is InChI=1S/C29H29N5O3/c1-5-6-7-12-32-26-15-27(34(35)36)25(33-24-10-8-22(18-31)9-11-24)16-28(26)37-29-19(2)13-23(14-20(29)3)21(4)17-30/h8-11,13-16,32-33H,4-7,12H2,1-3H3. The van der Waals surface area contributed by atoms with Crippen LogP contribution in [0.25, 0.3) is 5.57 Å². The molecular formula is C29H29N5O3. The summed E-state index contributed by atoms with van der Waals surface area (Å²) in [5, 5.41) is 36.6. The summed E-state index contributed by atoms with van der Waals surface area (Å²) >= 11 is 0. The lowest BCUT2D eigenvalue weighted by Crippen LogP contribution is -2.06. The minimum atomic E-state index is -0.439. The maximum absolute atomic E-state index is 12.0. The van der Waals surface area contributed by atoms with Crippen LogP contribution in [-0.2, 0) is 0 Å². The van der Waals surface area contributed by atoms with Gasteiger partial charge in [0.25, 0.3) is 5.69 Å². The van der Waals surface area contributed by atoms with Crippen LogP contribution in [0.5, 0.6) is 11.5 Å². The molecule has 0 aliphatic carbocycles. The number of nitriles is 2. The van der Waals surface area contributed by atoms with Gasteiger partial charge in [-0.2, -0.15) is 10.5 Å². The highest BCUT2D eigenvalue weighted by molar-refractivity contribution is 5.79. The van der Waals surface area contributed by atoms with Crippen molar-refractivity contribution in [3.63, 3.8) is 0 Å². The number of unbranched alkanes of at least 4 members (excludes halogenated alkanes) is 2. The van der Waals surface area contributed by atoms with Crippen molar-refractivity contribution >= 4 is 28.3 Å². The number of benzene rings is 3. The number of nitrogens with one attached hydrogen (secondary N) is 2. The number of allylic oxidation sites excluding steroid dienone is 1. The van der Waals surface area contributed by atoms with Crippen molar-refractivity contribution in [2.45, 2.75) is 40.0 Å². The van der Waals surface area contributed by atoms with E-state index in [0.29, 0.717) is 40.6 Å². The summed E-state index contributed by atoms with van der Waals surface area (Å²) < 4.78 is 6.37. The minimum absolute atomic E-state index is 0.108. The Labute approximate surface area is 217 Å². The molecule has 0 aliphatic rings. The normalized spacial score (nSPS) is 10.2. The molecule has 0 atom stereocenters. The molecule has 188 valence electrons. The number of ether oxygens (including phenoxy) is 1. The molecule has 2 N–H and O–H groups in total. The number of rotatable bonds is 11. The summed E-state index contributed by atoms with van der Waals surface area (Å²) in [5.41, 5.74) is 4.45. The van der Waals surface area contributed by atoms with E-state index in [4.69, 9.17) is 10.00 Å². The molecule has 0 amide bonds. The molecule has 0 unspecified atom stereocenters. The second kappa shape index (κ2) is 12.2. The Morgan fingerprint density at radius 3 is 2.30 bits per heavy atom. The van der Waals surface area contributed by atoms with E-state index in [1.807, 2.05) is 26.0 Å². The van der Waals surface area contributed by atoms with Crippen LogP contribution in [0.1, 0.15) is 48.4 Å². The summed E-state index contributed by atoms with van der Waals surface area (Å²) in [6, 6.07) is 17.5. The van der Waals surface area contributed by atoms with Crippen LogP contribution >= 0.6 is 0 Å². The Balaban J connectivity index is 2.06. The van der Waals surface area contributed by atoms with Crippen LogP contribution in [0.3, 0.4) is 0 Å². The fourth-order valence-corrected chi connectivity index (χ4v) is 3.88. The minimum Gasteiger partial charge on any atom is -0.455 e. The van der Waals surface area contributed by atoms with Gasteiger partial charge in [0.1, 0.15) is 11.4 Å². The predicted molar refractivity (Wildman–Crippen MR) is 146 cm³/mol. The number of nitro benzene ring substituents is 1. The van der Waals surface area contributed by atoms with Crippen LogP contribution < -0.4 is 15.4 Å². The fourth-order valence-electron chi connectivity index (χ4n) is 3.88. The number of hydrogen-bond donors (Lipinski definition) is 2. The quantitative estimate of drug-likeness (QED) is 0.120. The summed E-state index contributed by atoms with van der Waals surface area (Å²) in [6.07, 6.45) is 3.00. The maximum Gasteiger partial charge on any atom is 0.295 e. The van der Waals surface area contributed by atoms with Gasteiger partial charge in [0.05, 0.1) is 33.9 Å². The molecular weight excluding hydrogens is 466 g/mol. The van der Waals surface area contributed by atoms with Crippen molar-refractivity contribution in [1.29, 1.82) is 10.5 Å². The zero-order chi connectivity index (χ0) is 26.9. The van der Waals surface area contributed by atoms with E-state index in [9.17, 15) is 15.4 Å². The van der Waals surface area contributed by atoms with Crippen LogP contribution in [0.2, 0.25) is 0 Å². The van der Waals surface area contributed by atoms with Gasteiger partial charge in [-0.15, -0.1) is 0 Å². The molecule has 3 aromatic rings. The molecule has 3 rings (SSSR count). The van der Waals surface area contributed by atoms with Crippen molar-refractivity contribution < 1.29 is 9.66 Å². The zero-order valence-electron chi connectivity index (χ0n) is 21.2. The van der Waals surface area contributed by atoms with E-state index in [1.54, 1.807) is 30.3 Å². The molecule has 8 heteroatoms. The Hall–Kier alpha value is -4.82. The average Bonchev–Trinajstić information content (AvgIpc) is 2.89. The molecule has 0 aromatic heterocycles. The number of hydrogen-bond acceptors (Lipinski definition) is 7. The van der Waals surface area contributed by atoms with Gasteiger partial charge in [-0.05, 0) is 73.4 Å². The molecule has 0 aliphatic heterocycles. The molecule has 0 radical (unpaired) electrons. The largest absolute Gasteiger partial charge is 0.455 e. The summed E-state index contributed by atoms with van der Waals surface area (Å²) in [4.78, 5) is 11.5.